The van der Waals surface area contributed by atoms with Crippen LogP contribution in [-0.4, -0.2) is 54.5 Å². The molecule has 1 heterocycles. The predicted molar refractivity (Wildman–Crippen MR) is 130 cm³/mol. The van der Waals surface area contributed by atoms with Crippen molar-refractivity contribution in [2.75, 3.05) is 39.3 Å². The van der Waals surface area contributed by atoms with Crippen molar-refractivity contribution in [1.82, 2.24) is 14.5 Å². The molecule has 0 fully saturated rings. The highest BCUT2D eigenvalue weighted by atomic mass is 16.5. The predicted octanol–water partition coefficient (Wildman–Crippen LogP) is 4.06. The molecule has 1 unspecified atom stereocenters. The molecule has 0 saturated heterocycles. The van der Waals surface area contributed by atoms with E-state index in [9.17, 15) is 9.59 Å². The Kier molecular flexibility index (Phi) is 8.97. The van der Waals surface area contributed by atoms with Crippen molar-refractivity contribution in [2.45, 2.75) is 32.4 Å². The number of para-hydroxylation sites is 2. The van der Waals surface area contributed by atoms with Crippen LogP contribution in [0.25, 0.3) is 10.9 Å². The summed E-state index contributed by atoms with van der Waals surface area (Å²) in [6, 6.07) is 16.0. The molecule has 1 atom stereocenters. The average Bonchev–Trinajstić information content (AvgIpc) is 2.84. The third-order valence-corrected chi connectivity index (χ3v) is 5.50. The molecule has 3 rings (SSSR count). The van der Waals surface area contributed by atoms with Crippen molar-refractivity contribution in [3.05, 3.63) is 70.8 Å². The number of hydrogen-bond donors (Lipinski definition) is 1. The minimum Gasteiger partial charge on any atom is -0.385 e. The van der Waals surface area contributed by atoms with E-state index in [2.05, 4.69) is 5.32 Å². The number of fused-ring (bicyclic) bond motifs is 1. The molecule has 0 aliphatic rings. The zero-order chi connectivity index (χ0) is 23.6. The van der Waals surface area contributed by atoms with Crippen LogP contribution in [0.4, 0.5) is 10.5 Å². The van der Waals surface area contributed by atoms with E-state index in [1.165, 1.54) is 0 Å². The van der Waals surface area contributed by atoms with Crippen LogP contribution in [0.2, 0.25) is 0 Å². The number of aromatic nitrogens is 2. The number of ether oxygens (including phenoxy) is 2. The van der Waals surface area contributed by atoms with E-state index >= 15 is 0 Å². The Labute approximate surface area is 194 Å². The van der Waals surface area contributed by atoms with Crippen molar-refractivity contribution < 1.29 is 14.3 Å². The fraction of sp³-hybridized carbons (Fsp3) is 0.400. The van der Waals surface area contributed by atoms with Crippen LogP contribution in [0.3, 0.4) is 0 Å². The first-order chi connectivity index (χ1) is 16.1. The Bertz CT molecular complexity index is 1100. The van der Waals surface area contributed by atoms with Gasteiger partial charge >= 0.3 is 6.03 Å². The Balaban J connectivity index is 2.05. The quantitative estimate of drug-likeness (QED) is 0.444. The number of carbonyl (C=O) groups excluding carboxylic acids is 1. The largest absolute Gasteiger partial charge is 0.385 e. The Morgan fingerprint density at radius 1 is 1.06 bits per heavy atom. The molecule has 1 aromatic heterocycles. The van der Waals surface area contributed by atoms with E-state index < -0.39 is 6.04 Å². The zero-order valence-electron chi connectivity index (χ0n) is 19.5. The average molecular weight is 453 g/mol. The van der Waals surface area contributed by atoms with Gasteiger partial charge in [0, 0.05) is 33.1 Å². The number of rotatable bonds is 11. The van der Waals surface area contributed by atoms with Gasteiger partial charge in [0.05, 0.1) is 30.1 Å². The fourth-order valence-electron chi connectivity index (χ4n) is 3.88. The topological polar surface area (TPSA) is 85.7 Å². The number of hydrogen-bond acceptors (Lipinski definition) is 5. The van der Waals surface area contributed by atoms with Gasteiger partial charge in [-0.05, 0) is 37.1 Å². The first-order valence-electron chi connectivity index (χ1n) is 11.2. The highest BCUT2D eigenvalue weighted by Gasteiger charge is 2.28. The molecule has 0 aliphatic heterocycles. The highest BCUT2D eigenvalue weighted by Crippen LogP contribution is 2.25. The molecule has 0 radical (unpaired) electrons. The number of amides is 2. The number of nitrogens with zero attached hydrogens (tertiary/aromatic N) is 3. The van der Waals surface area contributed by atoms with Crippen molar-refractivity contribution in [3.63, 3.8) is 0 Å². The number of anilines is 1. The number of benzene rings is 2. The SMILES string of the molecule is CCC(c1nc2ccccc2c(=O)n1CCOC)N(CCCOC)C(=O)Nc1ccccc1. The van der Waals surface area contributed by atoms with E-state index in [0.29, 0.717) is 61.6 Å². The van der Waals surface area contributed by atoms with Gasteiger partial charge in [-0.2, -0.15) is 0 Å². The van der Waals surface area contributed by atoms with Gasteiger partial charge in [0.25, 0.3) is 5.56 Å². The molecule has 0 aliphatic carbocycles. The van der Waals surface area contributed by atoms with Crippen LogP contribution in [0.5, 0.6) is 0 Å². The molecule has 0 bridgehead atoms. The van der Waals surface area contributed by atoms with Crippen LogP contribution in [0.15, 0.2) is 59.4 Å². The lowest BCUT2D eigenvalue weighted by Crippen LogP contribution is -2.42. The maximum atomic E-state index is 13.4. The Hall–Kier alpha value is -3.23. The fourth-order valence-corrected chi connectivity index (χ4v) is 3.88. The second-order valence-corrected chi connectivity index (χ2v) is 7.70. The van der Waals surface area contributed by atoms with E-state index in [0.717, 1.165) is 0 Å². The number of methoxy groups -OCH3 is 2. The number of carbonyl (C=O) groups is 1. The summed E-state index contributed by atoms with van der Waals surface area (Å²) in [6.07, 6.45) is 1.25. The first-order valence-corrected chi connectivity index (χ1v) is 11.2. The molecule has 8 nitrogen and oxygen atoms in total. The van der Waals surface area contributed by atoms with Crippen molar-refractivity contribution in [1.29, 1.82) is 0 Å². The second kappa shape index (κ2) is 12.1. The monoisotopic (exact) mass is 452 g/mol. The summed E-state index contributed by atoms with van der Waals surface area (Å²) in [5, 5.41) is 3.52. The molecule has 1 N–H and O–H groups in total. The van der Waals surface area contributed by atoms with Crippen LogP contribution in [-0.2, 0) is 16.0 Å². The van der Waals surface area contributed by atoms with Crippen LogP contribution >= 0.6 is 0 Å². The van der Waals surface area contributed by atoms with Gasteiger partial charge in [-0.25, -0.2) is 9.78 Å². The summed E-state index contributed by atoms with van der Waals surface area (Å²) >= 11 is 0. The minimum absolute atomic E-state index is 0.133. The lowest BCUT2D eigenvalue weighted by molar-refractivity contribution is 0.150. The third-order valence-electron chi connectivity index (χ3n) is 5.50. The molecule has 0 spiro atoms. The third kappa shape index (κ3) is 5.97. The molecule has 3 aromatic rings. The van der Waals surface area contributed by atoms with Gasteiger partial charge in [0.15, 0.2) is 0 Å². The molecule has 2 amide bonds. The molecule has 8 heteroatoms. The maximum Gasteiger partial charge on any atom is 0.322 e. The molecule has 0 saturated carbocycles. The maximum absolute atomic E-state index is 13.4. The Morgan fingerprint density at radius 2 is 1.76 bits per heavy atom. The molecule has 2 aromatic carbocycles. The van der Waals surface area contributed by atoms with Crippen molar-refractivity contribution in [2.24, 2.45) is 0 Å². The molecule has 33 heavy (non-hydrogen) atoms. The number of nitrogens with one attached hydrogen (secondary N) is 1. The normalized spacial score (nSPS) is 12.0. The van der Waals surface area contributed by atoms with E-state index in [-0.39, 0.29) is 11.6 Å². The van der Waals surface area contributed by atoms with Gasteiger partial charge in [-0.15, -0.1) is 0 Å². The summed E-state index contributed by atoms with van der Waals surface area (Å²) in [6.45, 7) is 3.69. The van der Waals surface area contributed by atoms with Crippen LogP contribution in [0, 0.1) is 0 Å². The smallest absolute Gasteiger partial charge is 0.322 e. The van der Waals surface area contributed by atoms with Crippen LogP contribution in [0.1, 0.15) is 31.6 Å². The lowest BCUT2D eigenvalue weighted by atomic mass is 10.1. The molecular weight excluding hydrogens is 420 g/mol. The van der Waals surface area contributed by atoms with Crippen molar-refractivity contribution in [3.8, 4) is 0 Å². The zero-order valence-corrected chi connectivity index (χ0v) is 19.5. The van der Waals surface area contributed by atoms with E-state index in [1.807, 2.05) is 55.5 Å². The van der Waals surface area contributed by atoms with Gasteiger partial charge in [-0.1, -0.05) is 37.3 Å². The van der Waals surface area contributed by atoms with Crippen molar-refractivity contribution >= 4 is 22.6 Å². The summed E-state index contributed by atoms with van der Waals surface area (Å²) < 4.78 is 12.1. The van der Waals surface area contributed by atoms with Crippen LogP contribution < -0.4 is 10.9 Å². The molecule has 176 valence electrons. The number of urea groups is 1. The standard InChI is InChI=1S/C25H32N4O4/c1-4-22(28(15-10-17-32-2)25(31)26-19-11-6-5-7-12-19)23-27-21-14-9-8-13-20(21)24(30)29(23)16-18-33-3/h5-9,11-14,22H,4,10,15-18H2,1-3H3,(H,26,31). The molecular formula is C25H32N4O4. The van der Waals surface area contributed by atoms with Gasteiger partial charge in [-0.3, -0.25) is 9.36 Å². The Morgan fingerprint density at radius 3 is 2.45 bits per heavy atom. The summed E-state index contributed by atoms with van der Waals surface area (Å²) in [7, 11) is 3.24. The lowest BCUT2D eigenvalue weighted by Gasteiger charge is -2.32. The highest BCUT2D eigenvalue weighted by molar-refractivity contribution is 5.89. The minimum atomic E-state index is -0.403. The van der Waals surface area contributed by atoms with E-state index in [1.54, 1.807) is 29.8 Å². The van der Waals surface area contributed by atoms with Gasteiger partial charge in [0.1, 0.15) is 5.82 Å². The van der Waals surface area contributed by atoms with Gasteiger partial charge in [0.2, 0.25) is 0 Å². The summed E-state index contributed by atoms with van der Waals surface area (Å²) in [5.41, 5.74) is 1.19. The second-order valence-electron chi connectivity index (χ2n) is 7.70. The summed E-state index contributed by atoms with van der Waals surface area (Å²) in [5.74, 6) is 0.555. The summed E-state index contributed by atoms with van der Waals surface area (Å²) in [4.78, 5) is 33.3. The van der Waals surface area contributed by atoms with E-state index in [4.69, 9.17) is 14.5 Å². The first kappa shape index (κ1) is 24.4. The van der Waals surface area contributed by atoms with Gasteiger partial charge < -0.3 is 19.7 Å².